The summed E-state index contributed by atoms with van der Waals surface area (Å²) in [7, 11) is 1.63. The number of ether oxygens (including phenoxy) is 1. The molecular weight excluding hydrogens is 220 g/mol. The second kappa shape index (κ2) is 6.41. The minimum atomic E-state index is -0.904. The molecule has 0 aliphatic rings. The van der Waals surface area contributed by atoms with Gasteiger partial charge in [-0.2, -0.15) is 4.98 Å². The lowest BCUT2D eigenvalue weighted by Crippen LogP contribution is -1.97. The summed E-state index contributed by atoms with van der Waals surface area (Å²) in [5.41, 5.74) is 0. The van der Waals surface area contributed by atoms with E-state index in [9.17, 15) is 4.79 Å². The summed E-state index contributed by atoms with van der Waals surface area (Å²) in [6.45, 7) is 0.645. The fourth-order valence-electron chi connectivity index (χ4n) is 0.896. The summed E-state index contributed by atoms with van der Waals surface area (Å²) >= 11 is 1.02. The number of methoxy groups -OCH3 is 1. The third-order valence-electron chi connectivity index (χ3n) is 1.52. The Bertz CT molecular complexity index is 315. The van der Waals surface area contributed by atoms with Crippen LogP contribution in [0.5, 0.6) is 0 Å². The summed E-state index contributed by atoms with van der Waals surface area (Å²) in [5, 5.41) is 12.4. The van der Waals surface area contributed by atoms with E-state index in [4.69, 9.17) is 14.4 Å². The monoisotopic (exact) mass is 232 g/mol. The lowest BCUT2D eigenvalue weighted by atomic mass is 10.3. The van der Waals surface area contributed by atoms with Crippen molar-refractivity contribution in [1.29, 1.82) is 0 Å². The molecule has 1 aromatic heterocycles. The SMILES string of the molecule is COCCCc1noc(SCC(=O)O)n1. The van der Waals surface area contributed by atoms with Crippen molar-refractivity contribution in [1.82, 2.24) is 10.1 Å². The van der Waals surface area contributed by atoms with Gasteiger partial charge in [-0.3, -0.25) is 4.79 Å². The van der Waals surface area contributed by atoms with Crippen LogP contribution in [0.3, 0.4) is 0 Å². The maximum absolute atomic E-state index is 10.3. The van der Waals surface area contributed by atoms with Crippen molar-refractivity contribution in [3.05, 3.63) is 5.82 Å². The molecule has 0 aliphatic carbocycles. The molecule has 1 aromatic rings. The fourth-order valence-corrected chi connectivity index (χ4v) is 1.40. The number of carbonyl (C=O) groups is 1. The predicted molar refractivity (Wildman–Crippen MR) is 52.9 cm³/mol. The van der Waals surface area contributed by atoms with Crippen LogP contribution in [0.25, 0.3) is 0 Å². The second-order valence-electron chi connectivity index (χ2n) is 2.76. The smallest absolute Gasteiger partial charge is 0.314 e. The van der Waals surface area contributed by atoms with E-state index in [-0.39, 0.29) is 5.75 Å². The predicted octanol–water partition coefficient (Wildman–Crippen LogP) is 0.825. The third-order valence-corrected chi connectivity index (χ3v) is 2.32. The minimum absolute atomic E-state index is 0.0697. The van der Waals surface area contributed by atoms with Crippen molar-refractivity contribution in [3.8, 4) is 0 Å². The van der Waals surface area contributed by atoms with Crippen LogP contribution in [0.1, 0.15) is 12.2 Å². The van der Waals surface area contributed by atoms with Gasteiger partial charge in [0.05, 0.1) is 0 Å². The molecule has 0 unspecified atom stereocenters. The van der Waals surface area contributed by atoms with Crippen LogP contribution in [0.15, 0.2) is 9.75 Å². The number of thioether (sulfide) groups is 1. The molecule has 84 valence electrons. The Morgan fingerprint density at radius 3 is 3.13 bits per heavy atom. The van der Waals surface area contributed by atoms with Gasteiger partial charge in [-0.05, 0) is 6.42 Å². The van der Waals surface area contributed by atoms with Crippen molar-refractivity contribution in [2.45, 2.75) is 18.1 Å². The molecule has 0 saturated heterocycles. The first-order valence-electron chi connectivity index (χ1n) is 4.38. The van der Waals surface area contributed by atoms with Gasteiger partial charge >= 0.3 is 5.97 Å². The summed E-state index contributed by atoms with van der Waals surface area (Å²) < 4.78 is 9.72. The van der Waals surface area contributed by atoms with Gasteiger partial charge < -0.3 is 14.4 Å². The number of hydrogen-bond acceptors (Lipinski definition) is 6. The number of aliphatic carboxylic acids is 1. The molecule has 0 bridgehead atoms. The first-order chi connectivity index (χ1) is 7.22. The number of hydrogen-bond donors (Lipinski definition) is 1. The molecule has 7 heteroatoms. The van der Waals surface area contributed by atoms with E-state index in [1.165, 1.54) is 0 Å². The standard InChI is InChI=1S/C8H12N2O4S/c1-13-4-2-3-6-9-8(14-10-6)15-5-7(11)12/h2-5H2,1H3,(H,11,12). The van der Waals surface area contributed by atoms with E-state index in [2.05, 4.69) is 10.1 Å². The highest BCUT2D eigenvalue weighted by Crippen LogP contribution is 2.15. The van der Waals surface area contributed by atoms with Gasteiger partial charge in [0.15, 0.2) is 5.82 Å². The first-order valence-corrected chi connectivity index (χ1v) is 5.37. The molecule has 0 radical (unpaired) electrons. The van der Waals surface area contributed by atoms with Crippen LogP contribution < -0.4 is 0 Å². The zero-order valence-electron chi connectivity index (χ0n) is 8.30. The van der Waals surface area contributed by atoms with Gasteiger partial charge in [0.1, 0.15) is 5.75 Å². The van der Waals surface area contributed by atoms with Gasteiger partial charge in [-0.1, -0.05) is 16.9 Å². The van der Waals surface area contributed by atoms with Crippen molar-refractivity contribution >= 4 is 17.7 Å². The van der Waals surface area contributed by atoms with Crippen molar-refractivity contribution in [3.63, 3.8) is 0 Å². The van der Waals surface area contributed by atoms with E-state index in [0.29, 0.717) is 24.1 Å². The van der Waals surface area contributed by atoms with E-state index >= 15 is 0 Å². The molecule has 1 rings (SSSR count). The maximum Gasteiger partial charge on any atom is 0.314 e. The summed E-state index contributed by atoms with van der Waals surface area (Å²) in [6.07, 6.45) is 1.49. The lowest BCUT2D eigenvalue weighted by molar-refractivity contribution is -0.133. The van der Waals surface area contributed by atoms with Crippen LogP contribution in [0.4, 0.5) is 0 Å². The molecule has 15 heavy (non-hydrogen) atoms. The first kappa shape index (κ1) is 12.0. The van der Waals surface area contributed by atoms with E-state index < -0.39 is 5.97 Å². The summed E-state index contributed by atoms with van der Waals surface area (Å²) in [6, 6.07) is 0. The van der Waals surface area contributed by atoms with Gasteiger partial charge in [0, 0.05) is 20.1 Å². The number of rotatable bonds is 7. The molecule has 1 heterocycles. The largest absolute Gasteiger partial charge is 0.481 e. The zero-order chi connectivity index (χ0) is 11.1. The normalized spacial score (nSPS) is 10.5. The van der Waals surface area contributed by atoms with Crippen molar-refractivity contribution in [2.75, 3.05) is 19.5 Å². The summed E-state index contributed by atoms with van der Waals surface area (Å²) in [4.78, 5) is 14.3. The van der Waals surface area contributed by atoms with E-state index in [0.717, 1.165) is 18.2 Å². The third kappa shape index (κ3) is 4.80. The van der Waals surface area contributed by atoms with Crippen LogP contribution >= 0.6 is 11.8 Å². The molecular formula is C8H12N2O4S. The Kier molecular flexibility index (Phi) is 5.13. The van der Waals surface area contributed by atoms with Gasteiger partial charge in [-0.15, -0.1) is 0 Å². The highest BCUT2D eigenvalue weighted by Gasteiger charge is 2.08. The Morgan fingerprint density at radius 1 is 1.67 bits per heavy atom. The number of aromatic nitrogens is 2. The lowest BCUT2D eigenvalue weighted by Gasteiger charge is -1.93. The highest BCUT2D eigenvalue weighted by atomic mass is 32.2. The van der Waals surface area contributed by atoms with Gasteiger partial charge in [0.25, 0.3) is 5.22 Å². The quantitative estimate of drug-likeness (QED) is 0.550. The Hall–Kier alpha value is -1.08. The summed E-state index contributed by atoms with van der Waals surface area (Å²) in [5.74, 6) is -0.390. The van der Waals surface area contributed by atoms with Gasteiger partial charge in [0.2, 0.25) is 0 Å². The van der Waals surface area contributed by atoms with E-state index in [1.807, 2.05) is 0 Å². The minimum Gasteiger partial charge on any atom is -0.481 e. The topological polar surface area (TPSA) is 85.5 Å². The molecule has 6 nitrogen and oxygen atoms in total. The van der Waals surface area contributed by atoms with Crippen LogP contribution in [-0.2, 0) is 16.0 Å². The Labute approximate surface area is 91.0 Å². The molecule has 1 N–H and O–H groups in total. The molecule has 0 aromatic carbocycles. The number of carboxylic acids is 1. The number of aryl methyl sites for hydroxylation is 1. The maximum atomic E-state index is 10.3. The van der Waals surface area contributed by atoms with E-state index in [1.54, 1.807) is 7.11 Å². The van der Waals surface area contributed by atoms with Crippen molar-refractivity contribution < 1.29 is 19.2 Å². The fraction of sp³-hybridized carbons (Fsp3) is 0.625. The van der Waals surface area contributed by atoms with Crippen LogP contribution in [-0.4, -0.2) is 40.7 Å². The number of nitrogens with zero attached hydrogens (tertiary/aromatic N) is 2. The zero-order valence-corrected chi connectivity index (χ0v) is 9.12. The van der Waals surface area contributed by atoms with Crippen molar-refractivity contribution in [2.24, 2.45) is 0 Å². The average molecular weight is 232 g/mol. The molecule has 0 spiro atoms. The molecule has 0 saturated carbocycles. The molecule has 0 amide bonds. The Balaban J connectivity index is 2.32. The average Bonchev–Trinajstić information content (AvgIpc) is 2.63. The highest BCUT2D eigenvalue weighted by molar-refractivity contribution is 7.99. The van der Waals surface area contributed by atoms with Gasteiger partial charge in [-0.25, -0.2) is 0 Å². The Morgan fingerprint density at radius 2 is 2.47 bits per heavy atom. The van der Waals surface area contributed by atoms with Crippen LogP contribution in [0, 0.1) is 0 Å². The molecule has 0 atom stereocenters. The molecule has 0 aliphatic heterocycles. The molecule has 0 fully saturated rings. The van der Waals surface area contributed by atoms with Crippen LogP contribution in [0.2, 0.25) is 0 Å². The second-order valence-corrected chi connectivity index (χ2v) is 3.68. The number of carboxylic acid groups (broad SMARTS) is 1.